The van der Waals surface area contributed by atoms with E-state index in [1.165, 1.54) is 30.5 Å². The van der Waals surface area contributed by atoms with Gasteiger partial charge in [-0.25, -0.2) is 10.9 Å². The first kappa shape index (κ1) is 11.4. The second-order valence-corrected chi connectivity index (χ2v) is 4.04. The van der Waals surface area contributed by atoms with Crippen LogP contribution in [0.3, 0.4) is 0 Å². The number of fused-ring (bicyclic) bond motifs is 1. The number of carbonyl (C=O) groups excluding carboxylic acids is 3. The van der Waals surface area contributed by atoms with Crippen molar-refractivity contribution in [2.75, 3.05) is 5.01 Å². The van der Waals surface area contributed by atoms with E-state index in [4.69, 9.17) is 10.3 Å². The first-order chi connectivity index (χ1) is 9.09. The summed E-state index contributed by atoms with van der Waals surface area (Å²) >= 11 is 0. The second-order valence-electron chi connectivity index (χ2n) is 4.04. The maximum absolute atomic E-state index is 12.0. The summed E-state index contributed by atoms with van der Waals surface area (Å²) in [6, 6.07) is 7.44. The van der Waals surface area contributed by atoms with Crippen molar-refractivity contribution in [3.8, 4) is 0 Å². The summed E-state index contributed by atoms with van der Waals surface area (Å²) in [5.41, 5.74) is 0.695. The predicted molar refractivity (Wildman–Crippen MR) is 64.6 cm³/mol. The number of carbonyl (C=O) groups is 3. The van der Waals surface area contributed by atoms with Crippen LogP contribution in [0.2, 0.25) is 0 Å². The highest BCUT2D eigenvalue weighted by molar-refractivity contribution is 6.52. The SMILES string of the molecule is NN1C(=O)C(=O)c2cc(C(=O)c3ccco3)ccc21. The summed E-state index contributed by atoms with van der Waals surface area (Å²) < 4.78 is 5.00. The van der Waals surface area contributed by atoms with E-state index in [2.05, 4.69) is 0 Å². The summed E-state index contributed by atoms with van der Waals surface area (Å²) in [7, 11) is 0. The molecule has 0 aliphatic carbocycles. The van der Waals surface area contributed by atoms with Crippen LogP contribution in [0.1, 0.15) is 26.5 Å². The van der Waals surface area contributed by atoms with E-state index in [1.807, 2.05) is 0 Å². The van der Waals surface area contributed by atoms with Crippen LogP contribution in [0.5, 0.6) is 0 Å². The molecule has 2 N–H and O–H groups in total. The number of benzene rings is 1. The highest BCUT2D eigenvalue weighted by atomic mass is 16.3. The smallest absolute Gasteiger partial charge is 0.313 e. The van der Waals surface area contributed by atoms with Crippen molar-refractivity contribution in [3.63, 3.8) is 0 Å². The van der Waals surface area contributed by atoms with E-state index < -0.39 is 11.7 Å². The molecule has 1 aromatic heterocycles. The van der Waals surface area contributed by atoms with Gasteiger partial charge in [-0.15, -0.1) is 0 Å². The summed E-state index contributed by atoms with van der Waals surface area (Å²) in [5.74, 6) is 3.75. The largest absolute Gasteiger partial charge is 0.461 e. The highest BCUT2D eigenvalue weighted by Gasteiger charge is 2.34. The molecule has 3 rings (SSSR count). The molecule has 0 radical (unpaired) electrons. The van der Waals surface area contributed by atoms with Gasteiger partial charge in [-0.3, -0.25) is 14.4 Å². The van der Waals surface area contributed by atoms with Crippen LogP contribution >= 0.6 is 0 Å². The van der Waals surface area contributed by atoms with Crippen molar-refractivity contribution < 1.29 is 18.8 Å². The van der Waals surface area contributed by atoms with Gasteiger partial charge in [0.25, 0.3) is 5.78 Å². The van der Waals surface area contributed by atoms with Crippen molar-refractivity contribution in [2.24, 2.45) is 5.84 Å². The molecule has 0 bridgehead atoms. The maximum Gasteiger partial charge on any atom is 0.313 e. The summed E-state index contributed by atoms with van der Waals surface area (Å²) in [6.07, 6.45) is 1.39. The zero-order valence-corrected chi connectivity index (χ0v) is 9.62. The fraction of sp³-hybridized carbons (Fsp3) is 0. The quantitative estimate of drug-likeness (QED) is 0.373. The van der Waals surface area contributed by atoms with E-state index >= 15 is 0 Å². The van der Waals surface area contributed by atoms with Crippen molar-refractivity contribution in [3.05, 3.63) is 53.5 Å². The number of Topliss-reactive ketones (excluding diaryl/α,β-unsaturated/α-hetero) is 1. The average molecular weight is 256 g/mol. The lowest BCUT2D eigenvalue weighted by molar-refractivity contribution is -0.114. The number of hydrazine groups is 1. The molecule has 6 heteroatoms. The van der Waals surface area contributed by atoms with E-state index in [0.29, 0.717) is 5.69 Å². The molecule has 2 aromatic rings. The lowest BCUT2D eigenvalue weighted by Crippen LogP contribution is -2.35. The van der Waals surface area contributed by atoms with Crippen LogP contribution in [0, 0.1) is 0 Å². The Morgan fingerprint density at radius 3 is 2.68 bits per heavy atom. The van der Waals surface area contributed by atoms with Gasteiger partial charge in [0.15, 0.2) is 5.76 Å². The van der Waals surface area contributed by atoms with E-state index in [-0.39, 0.29) is 22.7 Å². The highest BCUT2D eigenvalue weighted by Crippen LogP contribution is 2.28. The third-order valence-corrected chi connectivity index (χ3v) is 2.92. The van der Waals surface area contributed by atoms with Crippen LogP contribution < -0.4 is 10.9 Å². The van der Waals surface area contributed by atoms with Gasteiger partial charge in [-0.2, -0.15) is 0 Å². The predicted octanol–water partition coefficient (Wildman–Crippen LogP) is 0.914. The van der Waals surface area contributed by atoms with Gasteiger partial charge in [0.1, 0.15) is 0 Å². The number of hydrogen-bond acceptors (Lipinski definition) is 5. The molecule has 2 heterocycles. The number of ketones is 2. The van der Waals surface area contributed by atoms with Crippen LogP contribution in [0.25, 0.3) is 0 Å². The molecule has 0 atom stereocenters. The number of furan rings is 1. The lowest BCUT2D eigenvalue weighted by Gasteiger charge is -2.07. The molecule has 94 valence electrons. The van der Waals surface area contributed by atoms with Crippen LogP contribution in [-0.4, -0.2) is 17.5 Å². The molecule has 0 saturated carbocycles. The van der Waals surface area contributed by atoms with Gasteiger partial charge in [0.2, 0.25) is 5.78 Å². The Morgan fingerprint density at radius 1 is 1.21 bits per heavy atom. The third-order valence-electron chi connectivity index (χ3n) is 2.92. The number of rotatable bonds is 2. The Labute approximate surface area is 107 Å². The monoisotopic (exact) mass is 256 g/mol. The minimum absolute atomic E-state index is 0.130. The van der Waals surface area contributed by atoms with Gasteiger partial charge in [-0.1, -0.05) is 0 Å². The zero-order chi connectivity index (χ0) is 13.6. The fourth-order valence-corrected chi connectivity index (χ4v) is 1.95. The normalized spacial score (nSPS) is 13.8. The molecule has 1 aromatic carbocycles. The molecule has 0 spiro atoms. The number of nitrogens with two attached hydrogens (primary N) is 1. The topological polar surface area (TPSA) is 93.6 Å². The van der Waals surface area contributed by atoms with Crippen LogP contribution in [0.4, 0.5) is 5.69 Å². The summed E-state index contributed by atoms with van der Waals surface area (Å²) in [6.45, 7) is 0. The minimum Gasteiger partial charge on any atom is -0.461 e. The number of hydrogen-bond donors (Lipinski definition) is 1. The molecule has 1 aliphatic heterocycles. The first-order valence-electron chi connectivity index (χ1n) is 5.45. The first-order valence-corrected chi connectivity index (χ1v) is 5.45. The van der Waals surface area contributed by atoms with Crippen LogP contribution in [0.15, 0.2) is 41.0 Å². The van der Waals surface area contributed by atoms with E-state index in [9.17, 15) is 14.4 Å². The minimum atomic E-state index is -0.808. The van der Waals surface area contributed by atoms with Crippen molar-refractivity contribution in [2.45, 2.75) is 0 Å². The fourth-order valence-electron chi connectivity index (χ4n) is 1.95. The molecule has 0 unspecified atom stereocenters. The number of nitrogens with zero attached hydrogens (tertiary/aromatic N) is 1. The Kier molecular flexibility index (Phi) is 2.33. The van der Waals surface area contributed by atoms with Crippen molar-refractivity contribution in [1.82, 2.24) is 0 Å². The second kappa shape index (κ2) is 3.89. The van der Waals surface area contributed by atoms with Gasteiger partial charge < -0.3 is 4.42 Å². The zero-order valence-electron chi connectivity index (χ0n) is 9.62. The Bertz CT molecular complexity index is 703. The van der Waals surface area contributed by atoms with Gasteiger partial charge in [0.05, 0.1) is 17.5 Å². The van der Waals surface area contributed by atoms with E-state index in [1.54, 1.807) is 6.07 Å². The van der Waals surface area contributed by atoms with Gasteiger partial charge in [-0.05, 0) is 30.3 Å². The standard InChI is InChI=1S/C13H8N2O4/c14-15-9-4-3-7(6-8(9)12(17)13(15)18)11(16)10-2-1-5-19-10/h1-6H,14H2. The molecular weight excluding hydrogens is 248 g/mol. The molecule has 6 nitrogen and oxygen atoms in total. The maximum atomic E-state index is 12.0. The van der Waals surface area contributed by atoms with Crippen molar-refractivity contribution >= 4 is 23.2 Å². The summed E-state index contributed by atoms with van der Waals surface area (Å²) in [5, 5.41) is 0.777. The molecule has 19 heavy (non-hydrogen) atoms. The van der Waals surface area contributed by atoms with Gasteiger partial charge in [0, 0.05) is 5.56 Å². The van der Waals surface area contributed by atoms with Crippen LogP contribution in [-0.2, 0) is 4.79 Å². The Balaban J connectivity index is 2.07. The number of anilines is 1. The molecule has 1 aliphatic rings. The molecule has 0 saturated heterocycles. The van der Waals surface area contributed by atoms with Crippen molar-refractivity contribution in [1.29, 1.82) is 0 Å². The Morgan fingerprint density at radius 2 is 2.00 bits per heavy atom. The Hall–Kier alpha value is -2.73. The number of amides is 1. The molecule has 1 amide bonds. The lowest BCUT2D eigenvalue weighted by atomic mass is 10.0. The average Bonchev–Trinajstić information content (AvgIpc) is 3.03. The third kappa shape index (κ3) is 1.58. The van der Waals surface area contributed by atoms with Gasteiger partial charge >= 0.3 is 5.91 Å². The molecule has 0 fully saturated rings. The summed E-state index contributed by atoms with van der Waals surface area (Å²) in [4.78, 5) is 35.1. The molecular formula is C13H8N2O4. The van der Waals surface area contributed by atoms with E-state index in [0.717, 1.165) is 5.01 Å².